The lowest BCUT2D eigenvalue weighted by Gasteiger charge is -2.40. The molecule has 4 heterocycles. The van der Waals surface area contributed by atoms with Crippen LogP contribution in [0.4, 0.5) is 0 Å². The predicted molar refractivity (Wildman–Crippen MR) is 111 cm³/mol. The largest absolute Gasteiger partial charge is 0.497 e. The minimum absolute atomic E-state index is 0.112. The molecule has 0 spiro atoms. The van der Waals surface area contributed by atoms with Gasteiger partial charge < -0.3 is 24.8 Å². The molecule has 174 valence electrons. The Hall–Kier alpha value is -3.19. The van der Waals surface area contributed by atoms with Gasteiger partial charge in [-0.05, 0) is 24.3 Å². The molecular formula is C21H24N6O6. The van der Waals surface area contributed by atoms with Gasteiger partial charge in [-0.25, -0.2) is 9.36 Å². The maximum absolute atomic E-state index is 13.3. The fourth-order valence-electron chi connectivity index (χ4n) is 4.27. The predicted octanol–water partition coefficient (Wildman–Crippen LogP) is -0.776. The number of nitrogens with zero attached hydrogens (tertiary/aromatic N) is 6. The molecule has 0 radical (unpaired) electrons. The van der Waals surface area contributed by atoms with E-state index in [0.29, 0.717) is 30.1 Å². The summed E-state index contributed by atoms with van der Waals surface area (Å²) in [4.78, 5) is 13.3. The van der Waals surface area contributed by atoms with Crippen LogP contribution >= 0.6 is 0 Å². The number of hydrogen-bond acceptors (Lipinski definition) is 10. The van der Waals surface area contributed by atoms with Gasteiger partial charge in [-0.1, -0.05) is 10.4 Å². The summed E-state index contributed by atoms with van der Waals surface area (Å²) in [6.45, 7) is 0.522. The fourth-order valence-corrected chi connectivity index (χ4v) is 4.27. The van der Waals surface area contributed by atoms with E-state index in [2.05, 4.69) is 20.6 Å². The SMILES string of the molecule is COc1ccc(-c2c3nnn2CCc2cn(nn2)C[C@H]2O[C@H](CC3=O)[C@H](O)[C@@H](O)[C@@H]2O)cc1. The molecule has 5 rings (SSSR count). The number of ether oxygens (including phenoxy) is 2. The first-order valence-electron chi connectivity index (χ1n) is 10.6. The van der Waals surface area contributed by atoms with Crippen LogP contribution in [0.5, 0.6) is 5.75 Å². The Kier molecular flexibility index (Phi) is 5.66. The first-order chi connectivity index (χ1) is 15.9. The van der Waals surface area contributed by atoms with Gasteiger partial charge in [0.15, 0.2) is 11.5 Å². The van der Waals surface area contributed by atoms with E-state index in [0.717, 1.165) is 5.56 Å². The second kappa shape index (κ2) is 8.63. The zero-order chi connectivity index (χ0) is 23.1. The monoisotopic (exact) mass is 456 g/mol. The number of benzene rings is 1. The Morgan fingerprint density at radius 3 is 2.55 bits per heavy atom. The number of aryl methyl sites for hydroxylation is 2. The second-order valence-electron chi connectivity index (χ2n) is 8.23. The molecule has 1 saturated heterocycles. The highest BCUT2D eigenvalue weighted by Gasteiger charge is 2.45. The van der Waals surface area contributed by atoms with Crippen LogP contribution in [-0.2, 0) is 24.2 Å². The van der Waals surface area contributed by atoms with Crippen LogP contribution in [0.25, 0.3) is 11.3 Å². The molecule has 12 heteroatoms. The average molecular weight is 456 g/mol. The first-order valence-corrected chi connectivity index (χ1v) is 10.6. The van der Waals surface area contributed by atoms with Gasteiger partial charge in [-0.15, -0.1) is 10.2 Å². The summed E-state index contributed by atoms with van der Waals surface area (Å²) in [6.07, 6.45) is -4.22. The fraction of sp³-hybridized carbons (Fsp3) is 0.476. The second-order valence-corrected chi connectivity index (χ2v) is 8.23. The summed E-state index contributed by atoms with van der Waals surface area (Å²) < 4.78 is 14.2. The molecule has 5 atom stereocenters. The lowest BCUT2D eigenvalue weighted by Crippen LogP contribution is -2.58. The van der Waals surface area contributed by atoms with Crippen molar-refractivity contribution < 1.29 is 29.6 Å². The van der Waals surface area contributed by atoms with E-state index >= 15 is 0 Å². The number of carbonyl (C=O) groups excluding carboxylic acids is 1. The third kappa shape index (κ3) is 4.02. The summed E-state index contributed by atoms with van der Waals surface area (Å²) >= 11 is 0. The zero-order valence-corrected chi connectivity index (χ0v) is 17.9. The van der Waals surface area contributed by atoms with E-state index < -0.39 is 36.3 Å². The van der Waals surface area contributed by atoms with Crippen LogP contribution < -0.4 is 4.74 Å². The summed E-state index contributed by atoms with van der Waals surface area (Å²) in [6, 6.07) is 7.18. The van der Waals surface area contributed by atoms with Gasteiger partial charge in [0, 0.05) is 31.1 Å². The molecular weight excluding hydrogens is 432 g/mol. The highest BCUT2D eigenvalue weighted by molar-refractivity contribution is 6.00. The van der Waals surface area contributed by atoms with E-state index in [1.807, 2.05) is 12.1 Å². The Bertz CT molecular complexity index is 1140. The summed E-state index contributed by atoms with van der Waals surface area (Å²) in [5.74, 6) is 0.272. The molecule has 2 aromatic heterocycles. The lowest BCUT2D eigenvalue weighted by atomic mass is 9.91. The molecule has 2 aliphatic heterocycles. The molecule has 33 heavy (non-hydrogen) atoms. The quantitative estimate of drug-likeness (QED) is 0.447. The van der Waals surface area contributed by atoms with Crippen molar-refractivity contribution >= 4 is 5.78 Å². The molecule has 3 aromatic rings. The summed E-state index contributed by atoms with van der Waals surface area (Å²) in [5, 5.41) is 47.8. The topological polar surface area (TPSA) is 158 Å². The summed E-state index contributed by atoms with van der Waals surface area (Å²) in [7, 11) is 1.57. The van der Waals surface area contributed by atoms with Gasteiger partial charge in [0.25, 0.3) is 0 Å². The van der Waals surface area contributed by atoms with Gasteiger partial charge >= 0.3 is 0 Å². The maximum atomic E-state index is 13.3. The average Bonchev–Trinajstić information content (AvgIpc) is 3.45. The number of methoxy groups -OCH3 is 1. The van der Waals surface area contributed by atoms with Gasteiger partial charge in [0.1, 0.15) is 30.2 Å². The van der Waals surface area contributed by atoms with Gasteiger partial charge in [0.05, 0.1) is 31.1 Å². The van der Waals surface area contributed by atoms with E-state index in [4.69, 9.17) is 9.47 Å². The number of aromatic nitrogens is 6. The highest BCUT2D eigenvalue weighted by Crippen LogP contribution is 2.29. The van der Waals surface area contributed by atoms with Crippen molar-refractivity contribution in [2.75, 3.05) is 7.11 Å². The van der Waals surface area contributed by atoms with Gasteiger partial charge in [-0.3, -0.25) is 4.79 Å². The molecule has 2 aliphatic rings. The van der Waals surface area contributed by atoms with Gasteiger partial charge in [0.2, 0.25) is 0 Å². The third-order valence-electron chi connectivity index (χ3n) is 6.09. The zero-order valence-electron chi connectivity index (χ0n) is 17.9. The Balaban J connectivity index is 1.56. The van der Waals surface area contributed by atoms with Crippen molar-refractivity contribution in [2.45, 2.75) is 56.5 Å². The van der Waals surface area contributed by atoms with Crippen LogP contribution in [0.2, 0.25) is 0 Å². The molecule has 0 amide bonds. The van der Waals surface area contributed by atoms with E-state index in [1.54, 1.807) is 30.1 Å². The van der Waals surface area contributed by atoms with Crippen molar-refractivity contribution in [3.05, 3.63) is 41.9 Å². The Labute approximate surface area is 188 Å². The normalized spacial score (nSPS) is 27.8. The number of Topliss-reactive ketones (excluding diaryl/α,β-unsaturated/α-hetero) is 1. The van der Waals surface area contributed by atoms with Crippen molar-refractivity contribution in [2.24, 2.45) is 0 Å². The number of ketones is 1. The van der Waals surface area contributed by atoms with E-state index in [1.165, 1.54) is 4.68 Å². The van der Waals surface area contributed by atoms with Crippen molar-refractivity contribution in [3.8, 4) is 17.0 Å². The molecule has 1 fully saturated rings. The van der Waals surface area contributed by atoms with Gasteiger partial charge in [-0.2, -0.15) is 0 Å². The smallest absolute Gasteiger partial charge is 0.188 e. The number of rotatable bonds is 2. The van der Waals surface area contributed by atoms with Crippen molar-refractivity contribution in [1.82, 2.24) is 30.0 Å². The highest BCUT2D eigenvalue weighted by atomic mass is 16.5. The molecule has 0 saturated carbocycles. The number of fused-ring (bicyclic) bond motifs is 6. The number of aliphatic hydroxyl groups excluding tert-OH is 3. The van der Waals surface area contributed by atoms with E-state index in [-0.39, 0.29) is 18.7 Å². The maximum Gasteiger partial charge on any atom is 0.188 e. The minimum atomic E-state index is -1.48. The van der Waals surface area contributed by atoms with Crippen LogP contribution in [0.15, 0.2) is 30.5 Å². The molecule has 1 aromatic carbocycles. The number of hydrogen-bond donors (Lipinski definition) is 3. The van der Waals surface area contributed by atoms with E-state index in [9.17, 15) is 20.1 Å². The standard InChI is InChI=1S/C21H24N6O6/c1-32-13-4-2-11(3-5-13)18-17-14(28)8-15-19(29)21(31)20(30)16(33-15)10-26-9-12(22-24-26)6-7-27(18)25-23-17/h2-5,9,15-16,19-21,29-31H,6-8,10H2,1H3/t15-,16-,19+,20-,21-/m1/s1. The molecule has 0 unspecified atom stereocenters. The van der Waals surface area contributed by atoms with Crippen LogP contribution in [-0.4, -0.2) is 88.7 Å². The van der Waals surface area contributed by atoms with Crippen molar-refractivity contribution in [3.63, 3.8) is 0 Å². The van der Waals surface area contributed by atoms with Crippen LogP contribution in [0, 0.1) is 0 Å². The number of aliphatic hydroxyl groups is 3. The van der Waals surface area contributed by atoms with Crippen LogP contribution in [0.1, 0.15) is 22.6 Å². The molecule has 6 bridgehead atoms. The minimum Gasteiger partial charge on any atom is -0.497 e. The Morgan fingerprint density at radius 1 is 1.03 bits per heavy atom. The lowest BCUT2D eigenvalue weighted by molar-refractivity contribution is -0.224. The number of carbonyl (C=O) groups is 1. The Morgan fingerprint density at radius 2 is 1.79 bits per heavy atom. The van der Waals surface area contributed by atoms with Crippen molar-refractivity contribution in [1.29, 1.82) is 0 Å². The molecule has 3 N–H and O–H groups in total. The van der Waals surface area contributed by atoms with Crippen LogP contribution in [0.3, 0.4) is 0 Å². The third-order valence-corrected chi connectivity index (χ3v) is 6.09. The first kappa shape index (κ1) is 21.6. The summed E-state index contributed by atoms with van der Waals surface area (Å²) in [5.41, 5.74) is 2.06. The molecule has 0 aliphatic carbocycles. The molecule has 12 nitrogen and oxygen atoms in total.